The number of fused-ring (bicyclic) bond motifs is 1. The van der Waals surface area contributed by atoms with E-state index in [1.807, 2.05) is 30.3 Å². The summed E-state index contributed by atoms with van der Waals surface area (Å²) >= 11 is 0. The van der Waals surface area contributed by atoms with Crippen molar-refractivity contribution in [3.63, 3.8) is 0 Å². The van der Waals surface area contributed by atoms with Crippen LogP contribution in [0.5, 0.6) is 0 Å². The zero-order valence-corrected chi connectivity index (χ0v) is 33.7. The number of hydrogen-bond donors (Lipinski definition) is 3. The molecule has 0 radical (unpaired) electrons. The average Bonchev–Trinajstić information content (AvgIpc) is 3.75. The van der Waals surface area contributed by atoms with Crippen molar-refractivity contribution >= 4 is 31.1 Å². The van der Waals surface area contributed by atoms with Gasteiger partial charge in [0, 0.05) is 6.42 Å². The highest BCUT2D eigenvalue weighted by Crippen LogP contribution is 2.39. The number of halogens is 1. The third kappa shape index (κ3) is 13.9. The fourth-order valence-electron chi connectivity index (χ4n) is 7.14. The summed E-state index contributed by atoms with van der Waals surface area (Å²) in [6.45, 7) is 4.32. The highest BCUT2D eigenvalue weighted by Gasteiger charge is 2.49. The molecule has 0 saturated carbocycles. The molecule has 3 aromatic rings. The molecule has 2 aromatic heterocycles. The molecule has 304 valence electrons. The van der Waals surface area contributed by atoms with Crippen LogP contribution in [0, 0.1) is 24.3 Å². The van der Waals surface area contributed by atoms with Crippen molar-refractivity contribution in [1.29, 1.82) is 0 Å². The number of carbonyl (C=O) groups excluding carboxylic acids is 1. The van der Waals surface area contributed by atoms with Crippen LogP contribution in [0.2, 0.25) is 0 Å². The second kappa shape index (κ2) is 23.6. The summed E-state index contributed by atoms with van der Waals surface area (Å²) in [4.78, 5) is 25.1. The smallest absolute Gasteiger partial charge is 0.323 e. The summed E-state index contributed by atoms with van der Waals surface area (Å²) in [7, 11) is -3.11. The van der Waals surface area contributed by atoms with E-state index in [0.717, 1.165) is 31.2 Å². The quantitative estimate of drug-likeness (QED) is 0.0224. The number of nitrogen functional groups attached to an aromatic ring is 1. The molecule has 12 nitrogen and oxygen atoms in total. The molecule has 5 atom stereocenters. The monoisotopic (exact) mass is 784 g/mol. The zero-order chi connectivity index (χ0) is 39.5. The Morgan fingerprint density at radius 3 is 2.29 bits per heavy atom. The zero-order valence-electron chi connectivity index (χ0n) is 32.7. The molecule has 4 N–H and O–H groups in total. The maximum atomic E-state index is 14.0. The van der Waals surface area contributed by atoms with Crippen LogP contribution in [0.1, 0.15) is 135 Å². The number of rotatable bonds is 27. The lowest BCUT2D eigenvalue weighted by atomic mass is 9.94. The van der Waals surface area contributed by atoms with Crippen molar-refractivity contribution in [2.75, 3.05) is 18.9 Å². The molecule has 1 aromatic carbocycles. The standard InChI is InChI=1S/C41H62FN6O6P/c1-4-7-9-11-13-15-18-24-32(25-19-16-14-12-10-8-5-2)28-52-39(50)33(26-31-22-20-17-21-23-31)47-55(51)53-29-41(6-3)34(49)27-35(54-41)48-30-44-36-37(43)45-40(42)46-38(36)48/h3,17,20-23,30,32-35,49,55H,4-5,7-16,18-19,24-29H2,1-2H3,(H,47,51)(H2,43,45,46)/t33-,34-,35+,41+/m0/s1. The average molecular weight is 785 g/mol. The lowest BCUT2D eigenvalue weighted by Gasteiger charge is -2.27. The first kappa shape index (κ1) is 44.3. The van der Waals surface area contributed by atoms with Gasteiger partial charge in [0.2, 0.25) is 0 Å². The van der Waals surface area contributed by atoms with E-state index >= 15 is 0 Å². The molecule has 14 heteroatoms. The van der Waals surface area contributed by atoms with Gasteiger partial charge in [-0.25, -0.2) is 10.1 Å². The fourth-order valence-corrected chi connectivity index (χ4v) is 8.07. The first-order chi connectivity index (χ1) is 26.7. The predicted molar refractivity (Wildman–Crippen MR) is 214 cm³/mol. The third-order valence-corrected chi connectivity index (χ3v) is 11.4. The molecular formula is C41H62FN6O6P. The van der Waals surface area contributed by atoms with Crippen LogP contribution < -0.4 is 10.8 Å². The third-order valence-electron chi connectivity index (χ3n) is 10.5. The summed E-state index contributed by atoms with van der Waals surface area (Å²) < 4.78 is 46.6. The molecule has 55 heavy (non-hydrogen) atoms. The molecule has 1 unspecified atom stereocenters. The molecule has 3 heterocycles. The Bertz CT molecular complexity index is 1640. The van der Waals surface area contributed by atoms with E-state index in [1.165, 1.54) is 87.9 Å². The van der Waals surface area contributed by atoms with Crippen LogP contribution in [-0.4, -0.2) is 61.6 Å². The van der Waals surface area contributed by atoms with E-state index in [0.29, 0.717) is 6.61 Å². The van der Waals surface area contributed by atoms with E-state index in [2.05, 4.69) is 39.8 Å². The number of ether oxygens (including phenoxy) is 2. The number of nitrogens with two attached hydrogens (primary N) is 1. The van der Waals surface area contributed by atoms with Crippen LogP contribution >= 0.6 is 8.18 Å². The van der Waals surface area contributed by atoms with Gasteiger partial charge < -0.3 is 24.8 Å². The van der Waals surface area contributed by atoms with E-state index in [-0.39, 0.29) is 35.7 Å². The van der Waals surface area contributed by atoms with Crippen molar-refractivity contribution in [3.8, 4) is 12.3 Å². The summed E-state index contributed by atoms with van der Waals surface area (Å²) in [5.74, 6) is 2.07. The van der Waals surface area contributed by atoms with Crippen LogP contribution in [0.25, 0.3) is 11.2 Å². The number of anilines is 1. The normalized spacial score (nSPS) is 19.5. The van der Waals surface area contributed by atoms with Crippen LogP contribution in [0.3, 0.4) is 0 Å². The second-order valence-electron chi connectivity index (χ2n) is 14.8. The van der Waals surface area contributed by atoms with Crippen molar-refractivity contribution in [2.24, 2.45) is 5.92 Å². The van der Waals surface area contributed by atoms with Gasteiger partial charge in [-0.15, -0.1) is 6.42 Å². The number of terminal acetylenes is 1. The largest absolute Gasteiger partial charge is 0.464 e. The molecule has 0 spiro atoms. The van der Waals surface area contributed by atoms with Crippen LogP contribution in [0.4, 0.5) is 10.2 Å². The van der Waals surface area contributed by atoms with Crippen molar-refractivity contribution < 1.29 is 32.9 Å². The molecule has 1 saturated heterocycles. The number of benzene rings is 1. The highest BCUT2D eigenvalue weighted by atomic mass is 31.1. The summed E-state index contributed by atoms with van der Waals surface area (Å²) in [6, 6.07) is 8.48. The first-order valence-corrected chi connectivity index (χ1v) is 21.6. The number of carbonyl (C=O) groups is 1. The van der Waals surface area contributed by atoms with E-state index < -0.39 is 50.8 Å². The molecule has 0 aliphatic carbocycles. The van der Waals surface area contributed by atoms with E-state index in [1.54, 1.807) is 0 Å². The summed E-state index contributed by atoms with van der Waals surface area (Å²) in [5.41, 5.74) is 5.20. The Morgan fingerprint density at radius 2 is 1.67 bits per heavy atom. The SMILES string of the molecule is C#C[C@]1(CO[PH](=O)N[C@@H](Cc2ccccc2)C(=O)OCC(CCCCCCCCC)CCCCCCCCC)O[C@@H](n2cnc3c(N)nc(F)nc32)C[C@@H]1O. The number of aliphatic hydroxyl groups excluding tert-OH is 1. The highest BCUT2D eigenvalue weighted by molar-refractivity contribution is 7.36. The van der Waals surface area contributed by atoms with Crippen molar-refractivity contribution in [1.82, 2.24) is 24.6 Å². The fraction of sp³-hybridized carbons (Fsp3) is 0.659. The Kier molecular flexibility index (Phi) is 19.0. The summed E-state index contributed by atoms with van der Waals surface area (Å²) in [6.07, 6.45) is 23.4. The number of unbranched alkanes of at least 4 members (excludes halogenated alkanes) is 12. The molecule has 1 aliphatic rings. The van der Waals surface area contributed by atoms with Gasteiger partial charge in [0.1, 0.15) is 18.4 Å². The van der Waals surface area contributed by atoms with Gasteiger partial charge in [-0.05, 0) is 30.7 Å². The second-order valence-corrected chi connectivity index (χ2v) is 16.0. The minimum absolute atomic E-state index is 0.0131. The van der Waals surface area contributed by atoms with Gasteiger partial charge >= 0.3 is 12.0 Å². The van der Waals surface area contributed by atoms with Crippen molar-refractivity contribution in [2.45, 2.75) is 153 Å². The number of esters is 1. The Balaban J connectivity index is 1.36. The lowest BCUT2D eigenvalue weighted by molar-refractivity contribution is -0.147. The molecule has 4 rings (SSSR count). The number of aliphatic hydroxyl groups is 1. The van der Waals surface area contributed by atoms with Gasteiger partial charge in [-0.3, -0.25) is 13.9 Å². The number of aromatic nitrogens is 4. The molecule has 0 bridgehead atoms. The van der Waals surface area contributed by atoms with Crippen LogP contribution in [0.15, 0.2) is 36.7 Å². The number of nitrogens with one attached hydrogen (secondary N) is 1. The maximum absolute atomic E-state index is 14.0. The number of nitrogens with zero attached hydrogens (tertiary/aromatic N) is 4. The van der Waals surface area contributed by atoms with Crippen molar-refractivity contribution in [3.05, 3.63) is 48.3 Å². The minimum Gasteiger partial charge on any atom is -0.464 e. The lowest BCUT2D eigenvalue weighted by Crippen LogP contribution is -2.43. The first-order valence-electron chi connectivity index (χ1n) is 20.3. The number of imidazole rings is 1. The van der Waals surface area contributed by atoms with Crippen LogP contribution in [-0.2, 0) is 29.8 Å². The Labute approximate surface area is 326 Å². The molecular weight excluding hydrogens is 722 g/mol. The predicted octanol–water partition coefficient (Wildman–Crippen LogP) is 8.25. The summed E-state index contributed by atoms with van der Waals surface area (Å²) in [5, 5.41) is 13.9. The minimum atomic E-state index is -3.11. The van der Waals surface area contributed by atoms with Gasteiger partial charge in [-0.2, -0.15) is 14.4 Å². The van der Waals surface area contributed by atoms with Gasteiger partial charge in [-0.1, -0.05) is 140 Å². The van der Waals surface area contributed by atoms with E-state index in [4.69, 9.17) is 26.2 Å². The van der Waals surface area contributed by atoms with Gasteiger partial charge in [0.05, 0.1) is 19.5 Å². The molecule has 1 aliphatic heterocycles. The Hall–Kier alpha value is -3.40. The maximum Gasteiger partial charge on any atom is 0.323 e. The molecule has 0 amide bonds. The number of hydrogen-bond acceptors (Lipinski definition) is 10. The molecule has 1 fully saturated rings. The van der Waals surface area contributed by atoms with E-state index in [9.17, 15) is 18.9 Å². The van der Waals surface area contributed by atoms with Gasteiger partial charge in [0.25, 0.3) is 8.18 Å². The topological polar surface area (TPSA) is 164 Å². The van der Waals surface area contributed by atoms with Gasteiger partial charge in [0.15, 0.2) is 22.6 Å². The Morgan fingerprint density at radius 1 is 1.05 bits per heavy atom.